The van der Waals surface area contributed by atoms with E-state index in [1.165, 1.54) is 0 Å². The van der Waals surface area contributed by atoms with E-state index >= 15 is 0 Å². The van der Waals surface area contributed by atoms with Gasteiger partial charge in [0.2, 0.25) is 5.91 Å². The molecule has 1 aromatic heterocycles. The molecule has 2 fully saturated rings. The molecular formula is C15H26Cl2N4O2. The number of hydrogen-bond donors (Lipinski definition) is 1. The lowest BCUT2D eigenvalue weighted by Gasteiger charge is -2.33. The normalized spacial score (nSPS) is 24.8. The predicted octanol–water partition coefficient (Wildman–Crippen LogP) is 1.34. The number of halogens is 2. The molecule has 132 valence electrons. The maximum atomic E-state index is 12.5. The number of methoxy groups -OCH3 is 1. The summed E-state index contributed by atoms with van der Waals surface area (Å²) in [6.07, 6.45) is 6.92. The molecular weight excluding hydrogens is 339 g/mol. The highest BCUT2D eigenvalue weighted by molar-refractivity contribution is 5.85. The molecule has 8 heteroatoms. The van der Waals surface area contributed by atoms with Gasteiger partial charge in [-0.15, -0.1) is 24.8 Å². The molecule has 23 heavy (non-hydrogen) atoms. The van der Waals surface area contributed by atoms with Crippen molar-refractivity contribution >= 4 is 30.7 Å². The van der Waals surface area contributed by atoms with Crippen molar-refractivity contribution < 1.29 is 9.53 Å². The molecule has 2 aliphatic rings. The highest BCUT2D eigenvalue weighted by atomic mass is 35.5. The maximum Gasteiger partial charge on any atom is 0.239 e. The van der Waals surface area contributed by atoms with Gasteiger partial charge in [-0.1, -0.05) is 0 Å². The number of aromatic nitrogens is 2. The van der Waals surface area contributed by atoms with Crippen LogP contribution in [0.1, 0.15) is 19.3 Å². The molecule has 2 saturated heterocycles. The van der Waals surface area contributed by atoms with Crippen LogP contribution in [0.3, 0.4) is 0 Å². The second kappa shape index (κ2) is 9.47. The van der Waals surface area contributed by atoms with Gasteiger partial charge in [0.15, 0.2) is 0 Å². The van der Waals surface area contributed by atoms with E-state index in [0.29, 0.717) is 5.92 Å². The van der Waals surface area contributed by atoms with Crippen molar-refractivity contribution in [3.8, 4) is 0 Å². The summed E-state index contributed by atoms with van der Waals surface area (Å²) in [6, 6.07) is 1.90. The van der Waals surface area contributed by atoms with E-state index in [1.807, 2.05) is 28.0 Å². The van der Waals surface area contributed by atoms with Gasteiger partial charge in [-0.25, -0.2) is 0 Å². The molecule has 2 atom stereocenters. The summed E-state index contributed by atoms with van der Waals surface area (Å²) in [6.45, 7) is 3.46. The van der Waals surface area contributed by atoms with E-state index in [9.17, 15) is 4.79 Å². The minimum absolute atomic E-state index is 0. The Kier molecular flexibility index (Phi) is 8.33. The number of carbonyl (C=O) groups excluding carboxylic acids is 1. The summed E-state index contributed by atoms with van der Waals surface area (Å²) < 4.78 is 7.30. The van der Waals surface area contributed by atoms with Gasteiger partial charge in [0, 0.05) is 45.7 Å². The van der Waals surface area contributed by atoms with Gasteiger partial charge < -0.3 is 15.0 Å². The van der Waals surface area contributed by atoms with Crippen LogP contribution in [0.15, 0.2) is 18.5 Å². The van der Waals surface area contributed by atoms with Crippen LogP contribution in [0, 0.1) is 5.92 Å². The van der Waals surface area contributed by atoms with E-state index in [-0.39, 0.29) is 42.9 Å². The molecule has 0 unspecified atom stereocenters. The molecule has 0 saturated carbocycles. The SMILES string of the molecule is CO[C@@H]1CN[C@H](C(=O)N2CCC(Cn3cccn3)CC2)C1.Cl.Cl. The average Bonchev–Trinajstić information content (AvgIpc) is 3.18. The Bertz CT molecular complexity index is 464. The molecule has 0 spiro atoms. The number of hydrogen-bond acceptors (Lipinski definition) is 4. The molecule has 0 aromatic carbocycles. The second-order valence-electron chi connectivity index (χ2n) is 6.05. The van der Waals surface area contributed by atoms with Crippen LogP contribution in [0.2, 0.25) is 0 Å². The highest BCUT2D eigenvalue weighted by Gasteiger charge is 2.33. The summed E-state index contributed by atoms with van der Waals surface area (Å²) in [5.41, 5.74) is 0. The Balaban J connectivity index is 0.00000132. The Morgan fingerprint density at radius 1 is 1.35 bits per heavy atom. The maximum absolute atomic E-state index is 12.5. The Morgan fingerprint density at radius 3 is 2.65 bits per heavy atom. The van der Waals surface area contributed by atoms with Gasteiger partial charge in [-0.05, 0) is 31.2 Å². The van der Waals surface area contributed by atoms with Gasteiger partial charge in [-0.2, -0.15) is 5.10 Å². The monoisotopic (exact) mass is 364 g/mol. The molecule has 6 nitrogen and oxygen atoms in total. The fourth-order valence-corrected chi connectivity index (χ4v) is 3.30. The molecule has 3 rings (SSSR count). The van der Waals surface area contributed by atoms with E-state index in [4.69, 9.17) is 4.74 Å². The first-order chi connectivity index (χ1) is 10.3. The number of nitrogens with one attached hydrogen (secondary N) is 1. The van der Waals surface area contributed by atoms with Crippen molar-refractivity contribution in [3.63, 3.8) is 0 Å². The van der Waals surface area contributed by atoms with Crippen LogP contribution in [-0.2, 0) is 16.1 Å². The Hall–Kier alpha value is -0.820. The summed E-state index contributed by atoms with van der Waals surface area (Å²) in [5.74, 6) is 0.865. The molecule has 1 amide bonds. The Labute approximate surface area is 149 Å². The van der Waals surface area contributed by atoms with E-state index in [1.54, 1.807) is 7.11 Å². The van der Waals surface area contributed by atoms with Crippen molar-refractivity contribution in [2.45, 2.75) is 38.0 Å². The van der Waals surface area contributed by atoms with E-state index in [2.05, 4.69) is 10.4 Å². The largest absolute Gasteiger partial charge is 0.380 e. The number of ether oxygens (including phenoxy) is 1. The van der Waals surface area contributed by atoms with Gasteiger partial charge >= 0.3 is 0 Å². The van der Waals surface area contributed by atoms with Crippen LogP contribution in [0.5, 0.6) is 0 Å². The fraction of sp³-hybridized carbons (Fsp3) is 0.733. The van der Waals surface area contributed by atoms with Crippen molar-refractivity contribution in [1.82, 2.24) is 20.0 Å². The number of amides is 1. The molecule has 0 radical (unpaired) electrons. The third kappa shape index (κ3) is 5.08. The lowest BCUT2D eigenvalue weighted by atomic mass is 9.96. The van der Waals surface area contributed by atoms with Crippen LogP contribution >= 0.6 is 24.8 Å². The van der Waals surface area contributed by atoms with Gasteiger partial charge in [0.25, 0.3) is 0 Å². The smallest absolute Gasteiger partial charge is 0.239 e. The summed E-state index contributed by atoms with van der Waals surface area (Å²) >= 11 is 0. The van der Waals surface area contributed by atoms with Crippen molar-refractivity contribution in [1.29, 1.82) is 0 Å². The van der Waals surface area contributed by atoms with E-state index in [0.717, 1.165) is 45.4 Å². The number of piperidine rings is 1. The van der Waals surface area contributed by atoms with Gasteiger partial charge in [0.05, 0.1) is 12.1 Å². The Morgan fingerprint density at radius 2 is 2.09 bits per heavy atom. The number of rotatable bonds is 4. The van der Waals surface area contributed by atoms with E-state index < -0.39 is 0 Å². The predicted molar refractivity (Wildman–Crippen MR) is 93.2 cm³/mol. The summed E-state index contributed by atoms with van der Waals surface area (Å²) in [4.78, 5) is 14.5. The van der Waals surface area contributed by atoms with Crippen LogP contribution < -0.4 is 5.32 Å². The first kappa shape index (κ1) is 20.2. The third-order valence-electron chi connectivity index (χ3n) is 4.65. The lowest BCUT2D eigenvalue weighted by molar-refractivity contribution is -0.134. The third-order valence-corrected chi connectivity index (χ3v) is 4.65. The average molecular weight is 365 g/mol. The molecule has 0 aliphatic carbocycles. The molecule has 1 aromatic rings. The van der Waals surface area contributed by atoms with Gasteiger partial charge in [0.1, 0.15) is 0 Å². The molecule has 0 bridgehead atoms. The minimum atomic E-state index is -0.0578. The van der Waals surface area contributed by atoms with Crippen LogP contribution in [0.4, 0.5) is 0 Å². The summed E-state index contributed by atoms with van der Waals surface area (Å²) in [7, 11) is 1.71. The topological polar surface area (TPSA) is 59.4 Å². The van der Waals surface area contributed by atoms with Crippen LogP contribution in [-0.4, -0.2) is 59.5 Å². The zero-order valence-corrected chi connectivity index (χ0v) is 15.0. The number of nitrogens with zero attached hydrogens (tertiary/aromatic N) is 3. The first-order valence-corrected chi connectivity index (χ1v) is 7.78. The molecule has 3 heterocycles. The highest BCUT2D eigenvalue weighted by Crippen LogP contribution is 2.21. The summed E-state index contributed by atoms with van der Waals surface area (Å²) in [5, 5.41) is 7.53. The zero-order valence-electron chi connectivity index (χ0n) is 13.4. The van der Waals surface area contributed by atoms with Crippen molar-refractivity contribution in [2.24, 2.45) is 5.92 Å². The van der Waals surface area contributed by atoms with Crippen molar-refractivity contribution in [3.05, 3.63) is 18.5 Å². The number of likely N-dealkylation sites (tertiary alicyclic amines) is 1. The lowest BCUT2D eigenvalue weighted by Crippen LogP contribution is -2.47. The molecule has 1 N–H and O–H groups in total. The fourth-order valence-electron chi connectivity index (χ4n) is 3.30. The quantitative estimate of drug-likeness (QED) is 0.875. The van der Waals surface area contributed by atoms with Crippen molar-refractivity contribution in [2.75, 3.05) is 26.7 Å². The second-order valence-corrected chi connectivity index (χ2v) is 6.05. The minimum Gasteiger partial charge on any atom is -0.380 e. The molecule has 2 aliphatic heterocycles. The number of carbonyl (C=O) groups is 1. The first-order valence-electron chi connectivity index (χ1n) is 7.78. The van der Waals surface area contributed by atoms with Crippen LogP contribution in [0.25, 0.3) is 0 Å². The van der Waals surface area contributed by atoms with Gasteiger partial charge in [-0.3, -0.25) is 9.48 Å². The zero-order chi connectivity index (χ0) is 14.7. The standard InChI is InChI=1S/C15H24N4O2.2ClH/c1-21-13-9-14(16-10-13)15(20)18-7-3-12(4-8-18)11-19-6-2-5-17-19;;/h2,5-6,12-14,16H,3-4,7-11H2,1H3;2*1H/t13-,14-;;/m0../s1.